The highest BCUT2D eigenvalue weighted by molar-refractivity contribution is 7.99. The maximum Gasteiger partial charge on any atom is 0.242 e. The number of carbonyl (C=O) groups excluding carboxylic acids is 1. The zero-order valence-corrected chi connectivity index (χ0v) is 21.0. The first-order valence-corrected chi connectivity index (χ1v) is 12.6. The number of hydrogen-bond acceptors (Lipinski definition) is 6. The molecule has 1 aliphatic heterocycles. The minimum Gasteiger partial charge on any atom is -0.479 e. The average molecular weight is 468 g/mol. The lowest BCUT2D eigenvalue weighted by atomic mass is 10.00. The van der Waals surface area contributed by atoms with Gasteiger partial charge in [0.05, 0.1) is 12.5 Å². The quantitative estimate of drug-likeness (QED) is 0.566. The van der Waals surface area contributed by atoms with Gasteiger partial charge in [0, 0.05) is 56.0 Å². The maximum absolute atomic E-state index is 12.9. The van der Waals surface area contributed by atoms with Crippen LogP contribution in [-0.2, 0) is 24.8 Å². The van der Waals surface area contributed by atoms with Gasteiger partial charge < -0.3 is 10.1 Å². The Morgan fingerprint density at radius 2 is 1.97 bits per heavy atom. The molecule has 1 aliphatic rings. The second kappa shape index (κ2) is 10.1. The van der Waals surface area contributed by atoms with Crippen LogP contribution in [0.1, 0.15) is 34.4 Å². The third-order valence-electron chi connectivity index (χ3n) is 6.40. The molecule has 176 valence electrons. The lowest BCUT2D eigenvalue weighted by molar-refractivity contribution is -0.116. The Kier molecular flexibility index (Phi) is 7.24. The molecule has 33 heavy (non-hydrogen) atoms. The van der Waals surface area contributed by atoms with Crippen molar-refractivity contribution >= 4 is 34.4 Å². The lowest BCUT2D eigenvalue weighted by Gasteiger charge is -2.26. The van der Waals surface area contributed by atoms with Crippen LogP contribution in [-0.4, -0.2) is 57.3 Å². The molecule has 0 bridgehead atoms. The van der Waals surface area contributed by atoms with Crippen molar-refractivity contribution in [1.29, 1.82) is 0 Å². The van der Waals surface area contributed by atoms with Crippen molar-refractivity contribution in [2.75, 3.05) is 37.0 Å². The van der Waals surface area contributed by atoms with Crippen LogP contribution in [0.4, 0.5) is 5.69 Å². The Bertz CT molecular complexity index is 1170. The highest BCUT2D eigenvalue weighted by Gasteiger charge is 2.19. The number of anilines is 1. The predicted molar refractivity (Wildman–Crippen MR) is 135 cm³/mol. The number of hydrogen-bond donors (Lipinski definition) is 1. The summed E-state index contributed by atoms with van der Waals surface area (Å²) in [7, 11) is 3.49. The van der Waals surface area contributed by atoms with E-state index in [2.05, 4.69) is 40.4 Å². The Hall–Kier alpha value is -2.58. The van der Waals surface area contributed by atoms with Gasteiger partial charge in [0.1, 0.15) is 0 Å². The Morgan fingerprint density at radius 3 is 2.70 bits per heavy atom. The van der Waals surface area contributed by atoms with Crippen LogP contribution in [0.2, 0.25) is 0 Å². The standard InChI is InChI=1S/C25H33N5O2S/c1-16-6-7-19(15-30-10-12-33-13-11-30)14-21(16)27-22(31)9-8-20-17(2)23-24(26-18(20)3)29(4)28-25(23)32-5/h6-7,14H,8-13,15H2,1-5H3,(H,27,31). The molecule has 1 fully saturated rings. The van der Waals surface area contributed by atoms with Crippen LogP contribution in [0.5, 0.6) is 5.88 Å². The van der Waals surface area contributed by atoms with E-state index in [0.717, 1.165) is 58.7 Å². The normalized spacial score (nSPS) is 14.6. The average Bonchev–Trinajstić information content (AvgIpc) is 3.12. The molecule has 3 heterocycles. The number of fused-ring (bicyclic) bond motifs is 1. The molecule has 4 rings (SSSR count). The number of amides is 1. The van der Waals surface area contributed by atoms with Crippen LogP contribution in [0.25, 0.3) is 11.0 Å². The van der Waals surface area contributed by atoms with E-state index in [1.54, 1.807) is 11.8 Å². The first-order valence-electron chi connectivity index (χ1n) is 11.4. The molecule has 3 aromatic rings. The third-order valence-corrected chi connectivity index (χ3v) is 7.35. The largest absolute Gasteiger partial charge is 0.479 e. The number of nitrogens with one attached hydrogen (secondary N) is 1. The minimum atomic E-state index is 0.0154. The molecule has 2 aromatic heterocycles. The molecule has 0 radical (unpaired) electrons. The summed E-state index contributed by atoms with van der Waals surface area (Å²) >= 11 is 2.02. The molecule has 1 saturated heterocycles. The number of thioether (sulfide) groups is 1. The number of carbonyl (C=O) groups is 1. The summed E-state index contributed by atoms with van der Waals surface area (Å²) in [4.78, 5) is 20.1. The number of ether oxygens (including phenoxy) is 1. The van der Waals surface area contributed by atoms with Gasteiger partial charge in [0.2, 0.25) is 11.8 Å². The van der Waals surface area contributed by atoms with Crippen LogP contribution in [0.3, 0.4) is 0 Å². The summed E-state index contributed by atoms with van der Waals surface area (Å²) in [5.41, 5.74) is 7.11. The van der Waals surface area contributed by atoms with Crippen LogP contribution in [0.15, 0.2) is 18.2 Å². The number of aromatic nitrogens is 3. The van der Waals surface area contributed by atoms with Crippen LogP contribution < -0.4 is 10.1 Å². The van der Waals surface area contributed by atoms with Crippen LogP contribution >= 0.6 is 11.8 Å². The molecular weight excluding hydrogens is 434 g/mol. The monoisotopic (exact) mass is 467 g/mol. The molecule has 0 spiro atoms. The summed E-state index contributed by atoms with van der Waals surface area (Å²) in [5.74, 6) is 2.98. The van der Waals surface area contributed by atoms with Gasteiger partial charge in [0.25, 0.3) is 0 Å². The van der Waals surface area contributed by atoms with Gasteiger partial charge >= 0.3 is 0 Å². The van der Waals surface area contributed by atoms with Gasteiger partial charge in [-0.3, -0.25) is 9.69 Å². The molecular formula is C25H33N5O2S. The van der Waals surface area contributed by atoms with Gasteiger partial charge in [-0.05, 0) is 55.5 Å². The predicted octanol–water partition coefficient (Wildman–Crippen LogP) is 4.02. The summed E-state index contributed by atoms with van der Waals surface area (Å²) in [6.07, 6.45) is 1.01. The topological polar surface area (TPSA) is 72.3 Å². The van der Waals surface area contributed by atoms with Crippen LogP contribution in [0, 0.1) is 20.8 Å². The molecule has 0 saturated carbocycles. The van der Waals surface area contributed by atoms with Crippen molar-refractivity contribution < 1.29 is 9.53 Å². The highest BCUT2D eigenvalue weighted by atomic mass is 32.2. The second-order valence-electron chi connectivity index (χ2n) is 8.72. The van der Waals surface area contributed by atoms with Crippen molar-refractivity contribution in [3.63, 3.8) is 0 Å². The summed E-state index contributed by atoms with van der Waals surface area (Å²) in [6.45, 7) is 9.27. The van der Waals surface area contributed by atoms with Crippen molar-refractivity contribution in [3.05, 3.63) is 46.1 Å². The molecule has 7 nitrogen and oxygen atoms in total. The smallest absolute Gasteiger partial charge is 0.242 e. The van der Waals surface area contributed by atoms with Gasteiger partial charge in [-0.1, -0.05) is 12.1 Å². The zero-order chi connectivity index (χ0) is 23.5. The van der Waals surface area contributed by atoms with Crippen molar-refractivity contribution in [2.45, 2.75) is 40.2 Å². The Balaban J connectivity index is 1.45. The fraction of sp³-hybridized carbons (Fsp3) is 0.480. The molecule has 0 unspecified atom stereocenters. The third kappa shape index (κ3) is 5.17. The SMILES string of the molecule is COc1nn(C)c2nc(C)c(CCC(=O)Nc3cc(CN4CCSCC4)ccc3C)c(C)c12. The van der Waals surface area contributed by atoms with E-state index in [0.29, 0.717) is 18.7 Å². The van der Waals surface area contributed by atoms with E-state index in [-0.39, 0.29) is 5.91 Å². The molecule has 1 amide bonds. The molecule has 1 aromatic carbocycles. The van der Waals surface area contributed by atoms with Gasteiger partial charge in [-0.25, -0.2) is 9.67 Å². The van der Waals surface area contributed by atoms with E-state index in [9.17, 15) is 4.79 Å². The van der Waals surface area contributed by atoms with E-state index in [1.165, 1.54) is 17.1 Å². The molecule has 0 atom stereocenters. The summed E-state index contributed by atoms with van der Waals surface area (Å²) < 4.78 is 7.19. The number of nitrogens with zero attached hydrogens (tertiary/aromatic N) is 4. The Morgan fingerprint density at radius 1 is 1.21 bits per heavy atom. The second-order valence-corrected chi connectivity index (χ2v) is 9.94. The van der Waals surface area contributed by atoms with E-state index in [1.807, 2.05) is 32.7 Å². The van der Waals surface area contributed by atoms with Gasteiger partial charge in [-0.2, -0.15) is 11.8 Å². The summed E-state index contributed by atoms with van der Waals surface area (Å²) in [6, 6.07) is 6.39. The van der Waals surface area contributed by atoms with Crippen molar-refractivity contribution in [2.24, 2.45) is 7.05 Å². The van der Waals surface area contributed by atoms with E-state index in [4.69, 9.17) is 9.72 Å². The molecule has 1 N–H and O–H groups in total. The first kappa shape index (κ1) is 23.6. The zero-order valence-electron chi connectivity index (χ0n) is 20.2. The lowest BCUT2D eigenvalue weighted by Crippen LogP contribution is -2.32. The Labute approximate surface area is 199 Å². The molecule has 8 heteroatoms. The number of pyridine rings is 1. The minimum absolute atomic E-state index is 0.0154. The van der Waals surface area contributed by atoms with Gasteiger partial charge in [-0.15, -0.1) is 5.10 Å². The number of rotatable bonds is 7. The fourth-order valence-electron chi connectivity index (χ4n) is 4.48. The van der Waals surface area contributed by atoms with Crippen molar-refractivity contribution in [1.82, 2.24) is 19.7 Å². The molecule has 0 aliphatic carbocycles. The first-order chi connectivity index (χ1) is 15.9. The highest BCUT2D eigenvalue weighted by Crippen LogP contribution is 2.30. The fourth-order valence-corrected chi connectivity index (χ4v) is 5.46. The maximum atomic E-state index is 12.9. The van der Waals surface area contributed by atoms with Crippen molar-refractivity contribution in [3.8, 4) is 5.88 Å². The summed E-state index contributed by atoms with van der Waals surface area (Å²) in [5, 5.41) is 8.47. The van der Waals surface area contributed by atoms with Gasteiger partial charge in [0.15, 0.2) is 5.65 Å². The number of methoxy groups -OCH3 is 1. The number of aryl methyl sites for hydroxylation is 4. The van der Waals surface area contributed by atoms with E-state index >= 15 is 0 Å². The number of benzene rings is 1. The van der Waals surface area contributed by atoms with E-state index < -0.39 is 0 Å².